The number of carbonyl (C=O) groups excluding carboxylic acids is 1. The predicted octanol–water partition coefficient (Wildman–Crippen LogP) is 5.24. The molecule has 3 aromatic rings. The number of Topliss-reactive ketones (excluding diaryl/α,β-unsaturated/α-hetero) is 1. The molecular formula is C22H20O3. The molecule has 0 fully saturated rings. The molecule has 0 saturated heterocycles. The fourth-order valence-electron chi connectivity index (χ4n) is 2.73. The van der Waals surface area contributed by atoms with Crippen molar-refractivity contribution < 1.29 is 14.3 Å². The molecule has 0 aliphatic rings. The maximum atomic E-state index is 12.0. The number of ketones is 1. The number of ether oxygens (including phenoxy) is 2. The molecule has 0 aliphatic heterocycles. The first kappa shape index (κ1) is 16.8. The third kappa shape index (κ3) is 3.72. The lowest BCUT2D eigenvalue weighted by Gasteiger charge is -2.10. The molecule has 126 valence electrons. The quantitative estimate of drug-likeness (QED) is 0.599. The van der Waals surface area contributed by atoms with E-state index in [9.17, 15) is 4.79 Å². The predicted molar refractivity (Wildman–Crippen MR) is 100 cm³/mol. The van der Waals surface area contributed by atoms with Crippen molar-refractivity contribution in [2.24, 2.45) is 0 Å². The van der Waals surface area contributed by atoms with Crippen molar-refractivity contribution in [1.82, 2.24) is 0 Å². The molecule has 3 nitrogen and oxygen atoms in total. The van der Waals surface area contributed by atoms with E-state index < -0.39 is 0 Å². The van der Waals surface area contributed by atoms with Gasteiger partial charge in [0.2, 0.25) is 0 Å². The first-order valence-corrected chi connectivity index (χ1v) is 8.05. The Labute approximate surface area is 147 Å². The summed E-state index contributed by atoms with van der Waals surface area (Å²) < 4.78 is 10.4. The van der Waals surface area contributed by atoms with Crippen LogP contribution in [0, 0.1) is 0 Å². The second-order valence-electron chi connectivity index (χ2n) is 5.81. The minimum absolute atomic E-state index is 0.0464. The molecule has 0 spiro atoms. The van der Waals surface area contributed by atoms with Crippen molar-refractivity contribution in [3.8, 4) is 33.8 Å². The molecule has 0 atom stereocenters. The van der Waals surface area contributed by atoms with Gasteiger partial charge >= 0.3 is 0 Å². The van der Waals surface area contributed by atoms with E-state index in [1.54, 1.807) is 21.1 Å². The van der Waals surface area contributed by atoms with Gasteiger partial charge in [0.25, 0.3) is 0 Å². The van der Waals surface area contributed by atoms with Crippen molar-refractivity contribution in [1.29, 1.82) is 0 Å². The Morgan fingerprint density at radius 3 is 1.36 bits per heavy atom. The van der Waals surface area contributed by atoms with Crippen LogP contribution in [-0.2, 0) is 0 Å². The van der Waals surface area contributed by atoms with Crippen LogP contribution >= 0.6 is 0 Å². The third-order valence-electron chi connectivity index (χ3n) is 4.19. The minimum atomic E-state index is 0.0464. The maximum Gasteiger partial charge on any atom is 0.159 e. The van der Waals surface area contributed by atoms with E-state index in [0.29, 0.717) is 5.56 Å². The van der Waals surface area contributed by atoms with E-state index in [4.69, 9.17) is 9.47 Å². The summed E-state index contributed by atoms with van der Waals surface area (Å²) in [6.45, 7) is 1.59. The highest BCUT2D eigenvalue weighted by atomic mass is 16.5. The first-order chi connectivity index (χ1) is 12.1. The van der Waals surface area contributed by atoms with E-state index in [0.717, 1.165) is 33.8 Å². The highest BCUT2D eigenvalue weighted by molar-refractivity contribution is 5.97. The van der Waals surface area contributed by atoms with Gasteiger partial charge in [-0.15, -0.1) is 0 Å². The standard InChI is InChI=1S/C22H20O3/c1-15(23)18-12-19(16-4-8-21(24-2)9-5-16)14-20(13-18)17-6-10-22(25-3)11-7-17/h4-14H,1-3H3. The molecule has 3 heteroatoms. The molecule has 25 heavy (non-hydrogen) atoms. The third-order valence-corrected chi connectivity index (χ3v) is 4.19. The van der Waals surface area contributed by atoms with Gasteiger partial charge in [-0.2, -0.15) is 0 Å². The number of carbonyl (C=O) groups is 1. The number of benzene rings is 3. The molecule has 0 radical (unpaired) electrons. The van der Waals surface area contributed by atoms with Crippen LogP contribution in [0.25, 0.3) is 22.3 Å². The van der Waals surface area contributed by atoms with E-state index >= 15 is 0 Å². The second kappa shape index (κ2) is 7.22. The Hall–Kier alpha value is -3.07. The van der Waals surface area contributed by atoms with E-state index in [1.165, 1.54) is 0 Å². The fourth-order valence-corrected chi connectivity index (χ4v) is 2.73. The lowest BCUT2D eigenvalue weighted by Crippen LogP contribution is -1.94. The Kier molecular flexibility index (Phi) is 4.85. The molecule has 0 heterocycles. The van der Waals surface area contributed by atoms with Gasteiger partial charge in [-0.3, -0.25) is 4.79 Å². The highest BCUT2D eigenvalue weighted by Crippen LogP contribution is 2.30. The summed E-state index contributed by atoms with van der Waals surface area (Å²) in [7, 11) is 3.29. The molecule has 0 aromatic heterocycles. The maximum absolute atomic E-state index is 12.0. The highest BCUT2D eigenvalue weighted by Gasteiger charge is 2.09. The van der Waals surface area contributed by atoms with Gasteiger partial charge in [-0.1, -0.05) is 24.3 Å². The van der Waals surface area contributed by atoms with Gasteiger partial charge in [-0.25, -0.2) is 0 Å². The molecule has 0 amide bonds. The van der Waals surface area contributed by atoms with Crippen LogP contribution in [0.5, 0.6) is 11.5 Å². The minimum Gasteiger partial charge on any atom is -0.497 e. The summed E-state index contributed by atoms with van der Waals surface area (Å²) >= 11 is 0. The molecule has 0 unspecified atom stereocenters. The Bertz CT molecular complexity index is 812. The van der Waals surface area contributed by atoms with Gasteiger partial charge in [0.05, 0.1) is 14.2 Å². The SMILES string of the molecule is COc1ccc(-c2cc(C(C)=O)cc(-c3ccc(OC)cc3)c2)cc1. The van der Waals surface area contributed by atoms with Crippen LogP contribution in [0.2, 0.25) is 0 Å². The summed E-state index contributed by atoms with van der Waals surface area (Å²) in [4.78, 5) is 12.0. The largest absolute Gasteiger partial charge is 0.497 e. The van der Waals surface area contributed by atoms with Crippen LogP contribution in [-0.4, -0.2) is 20.0 Å². The number of hydrogen-bond acceptors (Lipinski definition) is 3. The Morgan fingerprint density at radius 1 is 0.640 bits per heavy atom. The topological polar surface area (TPSA) is 35.5 Å². The number of hydrogen-bond donors (Lipinski definition) is 0. The van der Waals surface area contributed by atoms with Crippen molar-refractivity contribution in [3.63, 3.8) is 0 Å². The number of rotatable bonds is 5. The average Bonchev–Trinajstić information content (AvgIpc) is 2.67. The first-order valence-electron chi connectivity index (χ1n) is 8.05. The van der Waals surface area contributed by atoms with E-state index in [1.807, 2.05) is 60.7 Å². The van der Waals surface area contributed by atoms with Crippen LogP contribution < -0.4 is 9.47 Å². The van der Waals surface area contributed by atoms with Gasteiger partial charge < -0.3 is 9.47 Å². The summed E-state index contributed by atoms with van der Waals surface area (Å²) in [6, 6.07) is 21.6. The monoisotopic (exact) mass is 332 g/mol. The van der Waals surface area contributed by atoms with Crippen LogP contribution in [0.15, 0.2) is 66.7 Å². The van der Waals surface area contributed by atoms with Crippen LogP contribution in [0.1, 0.15) is 17.3 Å². The Balaban J connectivity index is 2.08. The number of methoxy groups -OCH3 is 2. The summed E-state index contributed by atoms with van der Waals surface area (Å²) in [5.41, 5.74) is 4.78. The summed E-state index contributed by atoms with van der Waals surface area (Å²) in [5, 5.41) is 0. The van der Waals surface area contributed by atoms with Gasteiger partial charge in [0.15, 0.2) is 5.78 Å². The lowest BCUT2D eigenvalue weighted by molar-refractivity contribution is 0.101. The second-order valence-corrected chi connectivity index (χ2v) is 5.81. The Morgan fingerprint density at radius 2 is 1.04 bits per heavy atom. The lowest BCUT2D eigenvalue weighted by atomic mass is 9.95. The van der Waals surface area contributed by atoms with Gasteiger partial charge in [-0.05, 0) is 71.6 Å². The van der Waals surface area contributed by atoms with E-state index in [-0.39, 0.29) is 5.78 Å². The van der Waals surface area contributed by atoms with Crippen LogP contribution in [0.4, 0.5) is 0 Å². The zero-order valence-corrected chi connectivity index (χ0v) is 14.6. The normalized spacial score (nSPS) is 10.4. The summed E-state index contributed by atoms with van der Waals surface area (Å²) in [6.07, 6.45) is 0. The zero-order valence-electron chi connectivity index (χ0n) is 14.6. The molecule has 0 saturated carbocycles. The molecule has 3 aromatic carbocycles. The summed E-state index contributed by atoms with van der Waals surface area (Å²) in [5.74, 6) is 1.66. The van der Waals surface area contributed by atoms with Crippen molar-refractivity contribution in [3.05, 3.63) is 72.3 Å². The smallest absolute Gasteiger partial charge is 0.159 e. The van der Waals surface area contributed by atoms with E-state index in [2.05, 4.69) is 6.07 Å². The van der Waals surface area contributed by atoms with Gasteiger partial charge in [0.1, 0.15) is 11.5 Å². The molecule has 0 aliphatic carbocycles. The molecule has 0 bridgehead atoms. The fraction of sp³-hybridized carbons (Fsp3) is 0.136. The zero-order chi connectivity index (χ0) is 17.8. The average molecular weight is 332 g/mol. The van der Waals surface area contributed by atoms with Gasteiger partial charge in [0, 0.05) is 5.56 Å². The molecule has 0 N–H and O–H groups in total. The van der Waals surface area contributed by atoms with Crippen LogP contribution in [0.3, 0.4) is 0 Å². The molecule has 3 rings (SSSR count). The molecular weight excluding hydrogens is 312 g/mol. The van der Waals surface area contributed by atoms with Crippen molar-refractivity contribution >= 4 is 5.78 Å². The van der Waals surface area contributed by atoms with Crippen molar-refractivity contribution in [2.75, 3.05) is 14.2 Å². The van der Waals surface area contributed by atoms with Crippen molar-refractivity contribution in [2.45, 2.75) is 6.92 Å².